The lowest BCUT2D eigenvalue weighted by molar-refractivity contribution is -0.130. The maximum absolute atomic E-state index is 11.5. The average molecular weight is 280 g/mol. The van der Waals surface area contributed by atoms with Crippen molar-refractivity contribution in [2.45, 2.75) is 0 Å². The van der Waals surface area contributed by atoms with Gasteiger partial charge in [0, 0.05) is 4.70 Å². The average Bonchev–Trinajstić information content (AvgIpc) is 2.88. The fourth-order valence-electron chi connectivity index (χ4n) is 2.15. The molecule has 3 aromatic rings. The van der Waals surface area contributed by atoms with Crippen molar-refractivity contribution in [3.8, 4) is 0 Å². The van der Waals surface area contributed by atoms with E-state index in [1.807, 2.05) is 60.0 Å². The topological polar surface area (TPSA) is 37.3 Å². The van der Waals surface area contributed by atoms with Gasteiger partial charge in [0.2, 0.25) is 0 Å². The van der Waals surface area contributed by atoms with Crippen LogP contribution in [0, 0.1) is 0 Å². The van der Waals surface area contributed by atoms with E-state index in [-0.39, 0.29) is 0 Å². The largest absolute Gasteiger partial charge is 0.478 e. The molecule has 2 aromatic carbocycles. The van der Waals surface area contributed by atoms with Gasteiger partial charge in [-0.3, -0.25) is 0 Å². The van der Waals surface area contributed by atoms with Crippen molar-refractivity contribution in [1.29, 1.82) is 0 Å². The van der Waals surface area contributed by atoms with E-state index >= 15 is 0 Å². The van der Waals surface area contributed by atoms with Gasteiger partial charge in [0.25, 0.3) is 0 Å². The standard InChI is InChI=1S/C17H12O2S/c18-17(19)15(12-6-2-1-3-7-12)10-13-11-20-16-9-5-4-8-14(13)16/h1-11H,(H,18,19). The minimum atomic E-state index is -0.911. The Kier molecular flexibility index (Phi) is 3.35. The molecule has 1 aromatic heterocycles. The van der Waals surface area contributed by atoms with Crippen LogP contribution in [0.1, 0.15) is 11.1 Å². The molecule has 0 radical (unpaired) electrons. The van der Waals surface area contributed by atoms with E-state index in [1.165, 1.54) is 0 Å². The van der Waals surface area contributed by atoms with Gasteiger partial charge in [0.05, 0.1) is 5.57 Å². The predicted octanol–water partition coefficient (Wildman–Crippen LogP) is 4.53. The highest BCUT2D eigenvalue weighted by atomic mass is 32.1. The first-order valence-electron chi connectivity index (χ1n) is 6.22. The summed E-state index contributed by atoms with van der Waals surface area (Å²) < 4.78 is 1.16. The Morgan fingerprint density at radius 1 is 1.00 bits per heavy atom. The quantitative estimate of drug-likeness (QED) is 0.716. The van der Waals surface area contributed by atoms with Crippen LogP contribution in [0.3, 0.4) is 0 Å². The number of hydrogen-bond acceptors (Lipinski definition) is 2. The SMILES string of the molecule is O=C(O)C(=Cc1csc2ccccc12)c1ccccc1. The zero-order valence-corrected chi connectivity index (χ0v) is 11.4. The second-order valence-corrected chi connectivity index (χ2v) is 5.33. The third-order valence-corrected chi connectivity index (χ3v) is 4.11. The summed E-state index contributed by atoms with van der Waals surface area (Å²) in [7, 11) is 0. The zero-order chi connectivity index (χ0) is 13.9. The van der Waals surface area contributed by atoms with Crippen molar-refractivity contribution in [2.75, 3.05) is 0 Å². The predicted molar refractivity (Wildman–Crippen MR) is 83.8 cm³/mol. The molecule has 1 heterocycles. The molecule has 0 saturated carbocycles. The summed E-state index contributed by atoms with van der Waals surface area (Å²) in [5, 5.41) is 12.5. The van der Waals surface area contributed by atoms with Gasteiger partial charge < -0.3 is 5.11 Å². The first-order valence-corrected chi connectivity index (χ1v) is 7.10. The minimum Gasteiger partial charge on any atom is -0.478 e. The Labute approximate surface area is 120 Å². The van der Waals surface area contributed by atoms with Crippen molar-refractivity contribution in [3.63, 3.8) is 0 Å². The van der Waals surface area contributed by atoms with Gasteiger partial charge in [-0.25, -0.2) is 4.79 Å². The molecular formula is C17H12O2S. The lowest BCUT2D eigenvalue weighted by Crippen LogP contribution is -1.99. The first kappa shape index (κ1) is 12.6. The third-order valence-electron chi connectivity index (χ3n) is 3.13. The van der Waals surface area contributed by atoms with E-state index in [9.17, 15) is 9.90 Å². The van der Waals surface area contributed by atoms with E-state index in [0.717, 1.165) is 21.2 Å². The molecular weight excluding hydrogens is 268 g/mol. The lowest BCUT2D eigenvalue weighted by Gasteiger charge is -2.02. The number of thiophene rings is 1. The summed E-state index contributed by atoms with van der Waals surface area (Å²) >= 11 is 1.63. The van der Waals surface area contributed by atoms with E-state index in [4.69, 9.17) is 0 Å². The van der Waals surface area contributed by atoms with Gasteiger partial charge in [0.1, 0.15) is 0 Å². The smallest absolute Gasteiger partial charge is 0.336 e. The summed E-state index contributed by atoms with van der Waals surface area (Å²) in [5.74, 6) is -0.911. The number of rotatable bonds is 3. The fourth-order valence-corrected chi connectivity index (χ4v) is 3.07. The molecule has 98 valence electrons. The molecule has 0 saturated heterocycles. The number of hydrogen-bond donors (Lipinski definition) is 1. The number of carboxylic acids is 1. The van der Waals surface area contributed by atoms with Crippen LogP contribution in [-0.2, 0) is 4.79 Å². The van der Waals surface area contributed by atoms with Crippen LogP contribution in [0.5, 0.6) is 0 Å². The van der Waals surface area contributed by atoms with Crippen molar-refractivity contribution in [3.05, 3.63) is 71.1 Å². The van der Waals surface area contributed by atoms with Crippen LogP contribution in [-0.4, -0.2) is 11.1 Å². The highest BCUT2D eigenvalue weighted by molar-refractivity contribution is 7.17. The van der Waals surface area contributed by atoms with E-state index < -0.39 is 5.97 Å². The molecule has 20 heavy (non-hydrogen) atoms. The van der Waals surface area contributed by atoms with Crippen LogP contribution in [0.15, 0.2) is 60.0 Å². The molecule has 0 aliphatic rings. The molecule has 2 nitrogen and oxygen atoms in total. The van der Waals surface area contributed by atoms with Crippen molar-refractivity contribution >= 4 is 39.0 Å². The van der Waals surface area contributed by atoms with E-state index in [2.05, 4.69) is 0 Å². The highest BCUT2D eigenvalue weighted by Gasteiger charge is 2.11. The van der Waals surface area contributed by atoms with Crippen LogP contribution < -0.4 is 0 Å². The Bertz CT molecular complexity index is 785. The second kappa shape index (κ2) is 5.31. The minimum absolute atomic E-state index is 0.314. The number of aliphatic carboxylic acids is 1. The maximum Gasteiger partial charge on any atom is 0.336 e. The number of carboxylic acid groups (broad SMARTS) is 1. The molecule has 0 aliphatic carbocycles. The van der Waals surface area contributed by atoms with Crippen molar-refractivity contribution < 1.29 is 9.90 Å². The van der Waals surface area contributed by atoms with Crippen LogP contribution in [0.2, 0.25) is 0 Å². The Morgan fingerprint density at radius 3 is 2.45 bits per heavy atom. The van der Waals surface area contributed by atoms with Crippen molar-refractivity contribution in [2.24, 2.45) is 0 Å². The molecule has 0 amide bonds. The molecule has 0 unspecified atom stereocenters. The summed E-state index contributed by atoms with van der Waals surface area (Å²) in [6.07, 6.45) is 1.75. The molecule has 0 fully saturated rings. The molecule has 0 spiro atoms. The molecule has 3 heteroatoms. The molecule has 0 atom stereocenters. The fraction of sp³-hybridized carbons (Fsp3) is 0. The van der Waals surface area contributed by atoms with Crippen molar-refractivity contribution in [1.82, 2.24) is 0 Å². The highest BCUT2D eigenvalue weighted by Crippen LogP contribution is 2.29. The maximum atomic E-state index is 11.5. The monoisotopic (exact) mass is 280 g/mol. The summed E-state index contributed by atoms with van der Waals surface area (Å²) in [6.45, 7) is 0. The van der Waals surface area contributed by atoms with Crippen LogP contribution >= 0.6 is 11.3 Å². The Hall–Kier alpha value is -2.39. The zero-order valence-electron chi connectivity index (χ0n) is 10.6. The van der Waals surface area contributed by atoms with Gasteiger partial charge in [0.15, 0.2) is 0 Å². The Morgan fingerprint density at radius 2 is 1.70 bits per heavy atom. The molecule has 0 bridgehead atoms. The molecule has 3 rings (SSSR count). The summed E-state index contributed by atoms with van der Waals surface area (Å²) in [4.78, 5) is 11.5. The van der Waals surface area contributed by atoms with Gasteiger partial charge in [-0.2, -0.15) is 0 Å². The number of fused-ring (bicyclic) bond motifs is 1. The van der Waals surface area contributed by atoms with E-state index in [0.29, 0.717) is 5.57 Å². The van der Waals surface area contributed by atoms with Gasteiger partial charge in [-0.15, -0.1) is 11.3 Å². The summed E-state index contributed by atoms with van der Waals surface area (Å²) in [5.41, 5.74) is 1.98. The Balaban J connectivity index is 2.15. The lowest BCUT2D eigenvalue weighted by atomic mass is 10.0. The molecule has 1 N–H and O–H groups in total. The van der Waals surface area contributed by atoms with Gasteiger partial charge >= 0.3 is 5.97 Å². The normalized spacial score (nSPS) is 11.7. The first-order chi connectivity index (χ1) is 9.75. The van der Waals surface area contributed by atoms with Crippen LogP contribution in [0.25, 0.3) is 21.7 Å². The summed E-state index contributed by atoms with van der Waals surface area (Å²) in [6, 6.07) is 17.2. The van der Waals surface area contributed by atoms with Crippen LogP contribution in [0.4, 0.5) is 0 Å². The van der Waals surface area contributed by atoms with Gasteiger partial charge in [-0.1, -0.05) is 48.5 Å². The van der Waals surface area contributed by atoms with Gasteiger partial charge in [-0.05, 0) is 34.0 Å². The third kappa shape index (κ3) is 2.36. The number of carbonyl (C=O) groups is 1. The van der Waals surface area contributed by atoms with E-state index in [1.54, 1.807) is 17.4 Å². The number of benzene rings is 2. The second-order valence-electron chi connectivity index (χ2n) is 4.42. The molecule has 0 aliphatic heterocycles.